The number of benzene rings is 2. The standard InChI is InChI=1S/C25H30N4O4/c1-26(2)22(30)17-28-19-29(20-9-5-3-6-10-20)25(24(28)32)13-15-27(16-14-25)23(31)18-33-21-11-7-4-8-12-21/h3-12H,13-19H2,1-2H3. The lowest BCUT2D eigenvalue weighted by Gasteiger charge is -2.43. The molecule has 3 amide bonds. The van der Waals surface area contributed by atoms with Crippen LogP contribution in [0.1, 0.15) is 12.8 Å². The predicted octanol–water partition coefficient (Wildman–Crippen LogP) is 1.82. The van der Waals surface area contributed by atoms with E-state index in [0.29, 0.717) is 38.3 Å². The molecule has 174 valence electrons. The van der Waals surface area contributed by atoms with Crippen molar-refractivity contribution in [3.05, 3.63) is 60.7 Å². The molecule has 2 aromatic carbocycles. The van der Waals surface area contributed by atoms with E-state index in [2.05, 4.69) is 4.90 Å². The fourth-order valence-electron chi connectivity index (χ4n) is 4.51. The Balaban J connectivity index is 1.47. The molecule has 0 bridgehead atoms. The Morgan fingerprint density at radius 3 is 2.18 bits per heavy atom. The molecule has 0 unspecified atom stereocenters. The molecule has 0 saturated carbocycles. The van der Waals surface area contributed by atoms with E-state index in [9.17, 15) is 14.4 Å². The van der Waals surface area contributed by atoms with Gasteiger partial charge in [-0.1, -0.05) is 36.4 Å². The normalized spacial score (nSPS) is 17.4. The molecule has 0 aliphatic carbocycles. The summed E-state index contributed by atoms with van der Waals surface area (Å²) in [5.74, 6) is 0.403. The van der Waals surface area contributed by atoms with Crippen LogP contribution in [0.25, 0.3) is 0 Å². The fourth-order valence-corrected chi connectivity index (χ4v) is 4.51. The van der Waals surface area contributed by atoms with E-state index in [1.54, 1.807) is 23.9 Å². The number of piperidine rings is 1. The number of amides is 3. The molecule has 0 radical (unpaired) electrons. The Morgan fingerprint density at radius 1 is 0.970 bits per heavy atom. The number of nitrogens with zero attached hydrogens (tertiary/aromatic N) is 4. The van der Waals surface area contributed by atoms with Crippen LogP contribution in [0.4, 0.5) is 5.69 Å². The highest BCUT2D eigenvalue weighted by Crippen LogP contribution is 2.39. The van der Waals surface area contributed by atoms with Crippen LogP contribution < -0.4 is 9.64 Å². The van der Waals surface area contributed by atoms with Crippen molar-refractivity contribution in [2.24, 2.45) is 0 Å². The van der Waals surface area contributed by atoms with Crippen molar-refractivity contribution >= 4 is 23.4 Å². The van der Waals surface area contributed by atoms with Crippen molar-refractivity contribution in [2.75, 3.05) is 51.9 Å². The van der Waals surface area contributed by atoms with Crippen molar-refractivity contribution in [1.82, 2.24) is 14.7 Å². The summed E-state index contributed by atoms with van der Waals surface area (Å²) >= 11 is 0. The third kappa shape index (κ3) is 4.65. The van der Waals surface area contributed by atoms with Gasteiger partial charge in [-0.3, -0.25) is 14.4 Å². The molecular weight excluding hydrogens is 420 g/mol. The highest BCUT2D eigenvalue weighted by Gasteiger charge is 2.54. The Bertz CT molecular complexity index is 988. The maximum absolute atomic E-state index is 13.6. The van der Waals surface area contributed by atoms with Gasteiger partial charge in [0.2, 0.25) is 5.91 Å². The van der Waals surface area contributed by atoms with E-state index in [1.165, 1.54) is 4.90 Å². The number of ether oxygens (including phenoxy) is 1. The zero-order valence-electron chi connectivity index (χ0n) is 19.1. The second kappa shape index (κ2) is 9.52. The smallest absolute Gasteiger partial charge is 0.260 e. The molecule has 4 rings (SSSR count). The second-order valence-electron chi connectivity index (χ2n) is 8.71. The number of hydrogen-bond donors (Lipinski definition) is 0. The van der Waals surface area contributed by atoms with Gasteiger partial charge in [0.25, 0.3) is 11.8 Å². The Kier molecular flexibility index (Phi) is 6.53. The summed E-state index contributed by atoms with van der Waals surface area (Å²) in [6, 6.07) is 19.0. The largest absolute Gasteiger partial charge is 0.484 e. The van der Waals surface area contributed by atoms with E-state index in [4.69, 9.17) is 4.74 Å². The van der Waals surface area contributed by atoms with Gasteiger partial charge in [0.05, 0.1) is 6.67 Å². The molecule has 2 fully saturated rings. The van der Waals surface area contributed by atoms with Crippen molar-refractivity contribution < 1.29 is 19.1 Å². The van der Waals surface area contributed by atoms with E-state index >= 15 is 0 Å². The molecular formula is C25H30N4O4. The fraction of sp³-hybridized carbons (Fsp3) is 0.400. The van der Waals surface area contributed by atoms with Gasteiger partial charge in [-0.25, -0.2) is 0 Å². The molecule has 2 aliphatic heterocycles. The van der Waals surface area contributed by atoms with Crippen molar-refractivity contribution in [2.45, 2.75) is 18.4 Å². The first kappa shape index (κ1) is 22.6. The molecule has 8 nitrogen and oxygen atoms in total. The monoisotopic (exact) mass is 450 g/mol. The number of likely N-dealkylation sites (tertiary alicyclic amines) is 1. The number of carbonyl (C=O) groups excluding carboxylic acids is 3. The zero-order chi connectivity index (χ0) is 23.4. The van der Waals surface area contributed by atoms with Gasteiger partial charge in [0.15, 0.2) is 6.61 Å². The van der Waals surface area contributed by atoms with Gasteiger partial charge >= 0.3 is 0 Å². The van der Waals surface area contributed by atoms with Crippen LogP contribution in [0.2, 0.25) is 0 Å². The van der Waals surface area contributed by atoms with Crippen molar-refractivity contribution in [1.29, 1.82) is 0 Å². The summed E-state index contributed by atoms with van der Waals surface area (Å²) < 4.78 is 5.61. The van der Waals surface area contributed by atoms with E-state index in [1.807, 2.05) is 60.7 Å². The molecule has 2 saturated heterocycles. The Labute approximate surface area is 194 Å². The topological polar surface area (TPSA) is 73.4 Å². The lowest BCUT2D eigenvalue weighted by Crippen LogP contribution is -2.58. The minimum atomic E-state index is -0.759. The number of carbonyl (C=O) groups is 3. The summed E-state index contributed by atoms with van der Waals surface area (Å²) in [7, 11) is 3.38. The average Bonchev–Trinajstić information content (AvgIpc) is 3.10. The number of hydrogen-bond acceptors (Lipinski definition) is 5. The summed E-state index contributed by atoms with van der Waals surface area (Å²) in [5, 5.41) is 0. The highest BCUT2D eigenvalue weighted by molar-refractivity contribution is 5.96. The summed E-state index contributed by atoms with van der Waals surface area (Å²) in [6.07, 6.45) is 1.01. The SMILES string of the molecule is CN(C)C(=O)CN1CN(c2ccccc2)C2(CCN(C(=O)COc3ccccc3)CC2)C1=O. The third-order valence-electron chi connectivity index (χ3n) is 6.46. The molecule has 2 aromatic rings. The summed E-state index contributed by atoms with van der Waals surface area (Å²) in [4.78, 5) is 45.7. The first-order valence-electron chi connectivity index (χ1n) is 11.2. The zero-order valence-corrected chi connectivity index (χ0v) is 19.1. The van der Waals surface area contributed by atoms with Gasteiger partial charge in [-0.2, -0.15) is 0 Å². The van der Waals surface area contributed by atoms with Gasteiger partial charge < -0.3 is 24.3 Å². The Hall–Kier alpha value is -3.55. The van der Waals surface area contributed by atoms with Gasteiger partial charge in [-0.05, 0) is 37.1 Å². The number of rotatable bonds is 6. The molecule has 33 heavy (non-hydrogen) atoms. The van der Waals surface area contributed by atoms with Crippen LogP contribution >= 0.6 is 0 Å². The quantitative estimate of drug-likeness (QED) is 0.671. The first-order valence-corrected chi connectivity index (χ1v) is 11.2. The molecule has 1 spiro atoms. The minimum absolute atomic E-state index is 0.0309. The van der Waals surface area contributed by atoms with Crippen LogP contribution in [0.3, 0.4) is 0 Å². The van der Waals surface area contributed by atoms with Crippen molar-refractivity contribution in [3.63, 3.8) is 0 Å². The maximum Gasteiger partial charge on any atom is 0.260 e. The van der Waals surface area contributed by atoms with Crippen LogP contribution in [-0.4, -0.2) is 85.0 Å². The van der Waals surface area contributed by atoms with Gasteiger partial charge in [0, 0.05) is 32.9 Å². The van der Waals surface area contributed by atoms with Crippen LogP contribution in [0.5, 0.6) is 5.75 Å². The molecule has 0 atom stereocenters. The minimum Gasteiger partial charge on any atom is -0.484 e. The molecule has 2 heterocycles. The predicted molar refractivity (Wildman–Crippen MR) is 125 cm³/mol. The average molecular weight is 451 g/mol. The maximum atomic E-state index is 13.6. The lowest BCUT2D eigenvalue weighted by atomic mass is 9.85. The number of para-hydroxylation sites is 2. The highest BCUT2D eigenvalue weighted by atomic mass is 16.5. The lowest BCUT2D eigenvalue weighted by molar-refractivity contribution is -0.141. The first-order chi connectivity index (χ1) is 15.9. The third-order valence-corrected chi connectivity index (χ3v) is 6.46. The van der Waals surface area contributed by atoms with Crippen LogP contribution in [-0.2, 0) is 14.4 Å². The van der Waals surface area contributed by atoms with Crippen molar-refractivity contribution in [3.8, 4) is 5.75 Å². The van der Waals surface area contributed by atoms with Gasteiger partial charge in [0.1, 0.15) is 17.8 Å². The van der Waals surface area contributed by atoms with Crippen LogP contribution in [0.15, 0.2) is 60.7 Å². The Morgan fingerprint density at radius 2 is 1.58 bits per heavy atom. The number of anilines is 1. The summed E-state index contributed by atoms with van der Waals surface area (Å²) in [6.45, 7) is 1.29. The molecule has 0 N–H and O–H groups in total. The van der Waals surface area contributed by atoms with E-state index in [0.717, 1.165) is 5.69 Å². The molecule has 8 heteroatoms. The molecule has 2 aliphatic rings. The van der Waals surface area contributed by atoms with Crippen LogP contribution in [0, 0.1) is 0 Å². The van der Waals surface area contributed by atoms with E-state index in [-0.39, 0.29) is 30.9 Å². The van der Waals surface area contributed by atoms with Gasteiger partial charge in [-0.15, -0.1) is 0 Å². The van der Waals surface area contributed by atoms with E-state index < -0.39 is 5.54 Å². The number of likely N-dealkylation sites (N-methyl/N-ethyl adjacent to an activating group) is 1. The summed E-state index contributed by atoms with van der Waals surface area (Å²) in [5.41, 5.74) is 0.184. The molecule has 0 aromatic heterocycles. The second-order valence-corrected chi connectivity index (χ2v) is 8.71.